The number of anilines is 1. The Hall–Kier alpha value is -2.83. The summed E-state index contributed by atoms with van der Waals surface area (Å²) in [4.78, 5) is 29.2. The van der Waals surface area contributed by atoms with E-state index in [1.807, 2.05) is 6.07 Å². The first kappa shape index (κ1) is 19.5. The quantitative estimate of drug-likeness (QED) is 0.766. The van der Waals surface area contributed by atoms with Crippen LogP contribution >= 0.6 is 0 Å². The Labute approximate surface area is 167 Å². The Balaban J connectivity index is 1.42. The van der Waals surface area contributed by atoms with Gasteiger partial charge >= 0.3 is 0 Å². The molecular formula is C22H23F2N3O2. The summed E-state index contributed by atoms with van der Waals surface area (Å²) in [5.74, 6) is -4.27. The van der Waals surface area contributed by atoms with Crippen molar-refractivity contribution in [3.63, 3.8) is 0 Å². The molecule has 2 N–H and O–H groups in total. The molecule has 4 rings (SSSR count). The van der Waals surface area contributed by atoms with Crippen LogP contribution in [0.15, 0.2) is 48.8 Å². The maximum Gasteiger partial charge on any atom is 0.258 e. The van der Waals surface area contributed by atoms with Crippen LogP contribution in [-0.4, -0.2) is 22.7 Å². The minimum Gasteiger partial charge on any atom is -0.348 e. The van der Waals surface area contributed by atoms with Crippen molar-refractivity contribution in [2.24, 2.45) is 11.3 Å². The van der Waals surface area contributed by atoms with Gasteiger partial charge in [-0.2, -0.15) is 0 Å². The van der Waals surface area contributed by atoms with E-state index in [1.165, 1.54) is 0 Å². The standard InChI is InChI=1S/C22H23F2N3O2/c23-22(24)18-9-3-4-10-21(18,22)12-19(28)27-17-8-2-1-7-16(17)20(29)26-14-15-6-5-11-25-13-15/h1-2,5-8,11,13,18H,3-4,9-10,12,14H2,(H,26,29)(H,27,28). The van der Waals surface area contributed by atoms with E-state index in [9.17, 15) is 18.4 Å². The average Bonchev–Trinajstić information content (AvgIpc) is 3.21. The van der Waals surface area contributed by atoms with Crippen molar-refractivity contribution >= 4 is 17.5 Å². The highest BCUT2D eigenvalue weighted by molar-refractivity contribution is 6.03. The third-order valence-corrected chi connectivity index (χ3v) is 6.15. The first-order chi connectivity index (χ1) is 13.9. The van der Waals surface area contributed by atoms with Crippen LogP contribution in [0.1, 0.15) is 48.0 Å². The van der Waals surface area contributed by atoms with Crippen LogP contribution in [0.4, 0.5) is 14.5 Å². The first-order valence-corrected chi connectivity index (χ1v) is 9.88. The number of nitrogens with one attached hydrogen (secondary N) is 2. The van der Waals surface area contributed by atoms with Crippen LogP contribution in [0.3, 0.4) is 0 Å². The topological polar surface area (TPSA) is 71.1 Å². The minimum absolute atomic E-state index is 0.212. The van der Waals surface area contributed by atoms with Crippen molar-refractivity contribution in [3.05, 3.63) is 59.9 Å². The smallest absolute Gasteiger partial charge is 0.258 e. The first-order valence-electron chi connectivity index (χ1n) is 9.88. The zero-order valence-corrected chi connectivity index (χ0v) is 16.0. The maximum atomic E-state index is 14.3. The molecule has 0 radical (unpaired) electrons. The van der Waals surface area contributed by atoms with Gasteiger partial charge in [0.25, 0.3) is 11.8 Å². The fourth-order valence-corrected chi connectivity index (χ4v) is 4.56. The van der Waals surface area contributed by atoms with Crippen LogP contribution in [0.25, 0.3) is 0 Å². The van der Waals surface area contributed by atoms with Gasteiger partial charge in [-0.3, -0.25) is 14.6 Å². The van der Waals surface area contributed by atoms with E-state index in [0.29, 0.717) is 30.6 Å². The number of rotatable bonds is 6. The minimum atomic E-state index is -2.76. The molecule has 0 saturated heterocycles. The number of alkyl halides is 2. The van der Waals surface area contributed by atoms with Gasteiger partial charge in [0, 0.05) is 31.3 Å². The van der Waals surface area contributed by atoms with Gasteiger partial charge in [0.05, 0.1) is 16.7 Å². The SMILES string of the molecule is O=C(CC12CCCCC1C2(F)F)Nc1ccccc1C(=O)NCc1cccnc1. The molecule has 0 aliphatic heterocycles. The Morgan fingerprint density at radius 3 is 2.72 bits per heavy atom. The number of para-hydroxylation sites is 1. The summed E-state index contributed by atoms with van der Waals surface area (Å²) in [7, 11) is 0. The number of amides is 2. The Kier molecular flexibility index (Phi) is 5.06. The highest BCUT2D eigenvalue weighted by atomic mass is 19.3. The predicted molar refractivity (Wildman–Crippen MR) is 104 cm³/mol. The summed E-state index contributed by atoms with van der Waals surface area (Å²) in [6, 6.07) is 10.2. The summed E-state index contributed by atoms with van der Waals surface area (Å²) in [6.45, 7) is 0.298. The lowest BCUT2D eigenvalue weighted by Gasteiger charge is -2.20. The summed E-state index contributed by atoms with van der Waals surface area (Å²) in [5.41, 5.74) is 0.270. The van der Waals surface area contributed by atoms with Crippen molar-refractivity contribution < 1.29 is 18.4 Å². The van der Waals surface area contributed by atoms with Crippen LogP contribution in [0.2, 0.25) is 0 Å². The molecular weight excluding hydrogens is 376 g/mol. The summed E-state index contributed by atoms with van der Waals surface area (Å²) in [6.07, 6.45) is 5.48. The van der Waals surface area contributed by atoms with E-state index >= 15 is 0 Å². The van der Waals surface area contributed by atoms with Gasteiger partial charge in [0.2, 0.25) is 5.91 Å². The third-order valence-electron chi connectivity index (χ3n) is 6.15. The predicted octanol–water partition coefficient (Wildman–Crippen LogP) is 4.17. The lowest BCUT2D eigenvalue weighted by atomic mass is 9.85. The fourth-order valence-electron chi connectivity index (χ4n) is 4.56. The molecule has 2 fully saturated rings. The number of nitrogens with zero attached hydrogens (tertiary/aromatic N) is 1. The van der Waals surface area contributed by atoms with Crippen molar-refractivity contribution in [2.75, 3.05) is 5.32 Å². The van der Waals surface area contributed by atoms with E-state index < -0.39 is 23.2 Å². The van der Waals surface area contributed by atoms with E-state index in [1.54, 1.807) is 42.7 Å². The largest absolute Gasteiger partial charge is 0.348 e. The summed E-state index contributed by atoms with van der Waals surface area (Å²) < 4.78 is 28.6. The number of hydrogen-bond acceptors (Lipinski definition) is 3. The number of pyridine rings is 1. The van der Waals surface area contributed by atoms with E-state index in [4.69, 9.17) is 0 Å². The van der Waals surface area contributed by atoms with Gasteiger partial charge in [-0.15, -0.1) is 0 Å². The number of hydrogen-bond donors (Lipinski definition) is 2. The second-order valence-corrected chi connectivity index (χ2v) is 7.89. The molecule has 1 heterocycles. The molecule has 2 saturated carbocycles. The number of halogens is 2. The molecule has 2 aliphatic carbocycles. The van der Waals surface area contributed by atoms with E-state index in [-0.39, 0.29) is 12.3 Å². The van der Waals surface area contributed by atoms with Gasteiger partial charge in [0.15, 0.2) is 0 Å². The molecule has 2 amide bonds. The zero-order chi connectivity index (χ0) is 20.5. The van der Waals surface area contributed by atoms with Gasteiger partial charge < -0.3 is 10.6 Å². The summed E-state index contributed by atoms with van der Waals surface area (Å²) in [5, 5.41) is 5.47. The molecule has 29 heavy (non-hydrogen) atoms. The molecule has 5 nitrogen and oxygen atoms in total. The molecule has 152 valence electrons. The van der Waals surface area contributed by atoms with Crippen molar-refractivity contribution in [1.29, 1.82) is 0 Å². The molecule has 0 spiro atoms. The molecule has 2 atom stereocenters. The molecule has 2 aliphatic rings. The second kappa shape index (κ2) is 7.54. The number of benzene rings is 1. The Morgan fingerprint density at radius 1 is 1.14 bits per heavy atom. The zero-order valence-electron chi connectivity index (χ0n) is 16.0. The molecule has 2 aromatic rings. The normalized spacial score (nSPS) is 24.3. The van der Waals surface area contributed by atoms with Crippen LogP contribution < -0.4 is 10.6 Å². The van der Waals surface area contributed by atoms with Crippen molar-refractivity contribution in [3.8, 4) is 0 Å². The lowest BCUT2D eigenvalue weighted by Crippen LogP contribution is -2.26. The number of aromatic nitrogens is 1. The second-order valence-electron chi connectivity index (χ2n) is 7.89. The Bertz CT molecular complexity index is 919. The van der Waals surface area contributed by atoms with Gasteiger partial charge in [-0.05, 0) is 36.6 Å². The number of carbonyl (C=O) groups is 2. The Morgan fingerprint density at radius 2 is 1.97 bits per heavy atom. The highest BCUT2D eigenvalue weighted by Gasteiger charge is 2.80. The van der Waals surface area contributed by atoms with Gasteiger partial charge in [-0.1, -0.05) is 31.0 Å². The van der Waals surface area contributed by atoms with Crippen LogP contribution in [0, 0.1) is 11.3 Å². The maximum absolute atomic E-state index is 14.3. The molecule has 7 heteroatoms. The molecule has 0 bridgehead atoms. The van der Waals surface area contributed by atoms with Gasteiger partial charge in [0.1, 0.15) is 0 Å². The highest BCUT2D eigenvalue weighted by Crippen LogP contribution is 2.73. The van der Waals surface area contributed by atoms with Gasteiger partial charge in [-0.25, -0.2) is 8.78 Å². The monoisotopic (exact) mass is 399 g/mol. The molecule has 2 unspecified atom stereocenters. The van der Waals surface area contributed by atoms with Crippen molar-refractivity contribution in [1.82, 2.24) is 10.3 Å². The van der Waals surface area contributed by atoms with Crippen LogP contribution in [-0.2, 0) is 11.3 Å². The lowest BCUT2D eigenvalue weighted by molar-refractivity contribution is -0.118. The van der Waals surface area contributed by atoms with Crippen LogP contribution in [0.5, 0.6) is 0 Å². The number of carbonyl (C=O) groups excluding carboxylic acids is 2. The van der Waals surface area contributed by atoms with Crippen molar-refractivity contribution in [2.45, 2.75) is 44.6 Å². The summed E-state index contributed by atoms with van der Waals surface area (Å²) >= 11 is 0. The van der Waals surface area contributed by atoms with E-state index in [0.717, 1.165) is 18.4 Å². The average molecular weight is 399 g/mol. The molecule has 1 aromatic carbocycles. The molecule has 1 aromatic heterocycles. The number of fused-ring (bicyclic) bond motifs is 1. The fraction of sp³-hybridized carbons (Fsp3) is 0.409. The third kappa shape index (κ3) is 3.61. The van der Waals surface area contributed by atoms with E-state index in [2.05, 4.69) is 15.6 Å².